The smallest absolute Gasteiger partial charge is 0.269 e. The number of H-pyrrole nitrogens is 1. The second kappa shape index (κ2) is 12.3. The van der Waals surface area contributed by atoms with Crippen LogP contribution < -0.4 is 5.32 Å². The van der Waals surface area contributed by atoms with Crippen LogP contribution in [-0.4, -0.2) is 42.6 Å². The molecule has 1 amide bonds. The zero-order chi connectivity index (χ0) is 28.0. The quantitative estimate of drug-likeness (QED) is 0.191. The van der Waals surface area contributed by atoms with E-state index in [1.807, 2.05) is 18.2 Å². The summed E-state index contributed by atoms with van der Waals surface area (Å²) in [5.41, 5.74) is 7.00. The van der Waals surface area contributed by atoms with E-state index in [0.717, 1.165) is 77.4 Å². The molecule has 41 heavy (non-hydrogen) atoms. The zero-order valence-electron chi connectivity index (χ0n) is 23.4. The fraction of sp³-hybridized carbons (Fsp3) is 0.303. The van der Waals surface area contributed by atoms with E-state index in [9.17, 15) is 4.79 Å². The first-order chi connectivity index (χ1) is 20.2. The SMILES string of the molecule is CCCCc1ncc(C(=O)NCCC2CC2)n1Cc1ccc(-c2cc(-c3ccccc3)ccc2-c2nn[nH]n2)cc1. The van der Waals surface area contributed by atoms with E-state index < -0.39 is 0 Å². The minimum Gasteiger partial charge on any atom is -0.351 e. The van der Waals surface area contributed by atoms with Crippen molar-refractivity contribution in [1.29, 1.82) is 0 Å². The van der Waals surface area contributed by atoms with Crippen LogP contribution >= 0.6 is 0 Å². The molecular weight excluding hydrogens is 510 g/mol. The number of carbonyl (C=O) groups is 1. The van der Waals surface area contributed by atoms with E-state index in [1.165, 1.54) is 12.8 Å². The highest BCUT2D eigenvalue weighted by molar-refractivity contribution is 5.92. The summed E-state index contributed by atoms with van der Waals surface area (Å²) in [5, 5.41) is 17.9. The van der Waals surface area contributed by atoms with Crippen LogP contribution in [0.25, 0.3) is 33.6 Å². The second-order valence-corrected chi connectivity index (χ2v) is 10.8. The van der Waals surface area contributed by atoms with E-state index in [1.54, 1.807) is 6.20 Å². The molecular formula is C33H35N7O. The Morgan fingerprint density at radius 1 is 0.976 bits per heavy atom. The molecule has 0 atom stereocenters. The number of hydrogen-bond acceptors (Lipinski definition) is 5. The lowest BCUT2D eigenvalue weighted by molar-refractivity contribution is 0.0943. The Balaban J connectivity index is 1.28. The minimum atomic E-state index is -0.0417. The molecule has 0 aliphatic heterocycles. The molecule has 0 bridgehead atoms. The molecule has 0 radical (unpaired) electrons. The summed E-state index contributed by atoms with van der Waals surface area (Å²) < 4.78 is 2.08. The van der Waals surface area contributed by atoms with E-state index in [-0.39, 0.29) is 5.91 Å². The van der Waals surface area contributed by atoms with Crippen LogP contribution in [-0.2, 0) is 13.0 Å². The fourth-order valence-electron chi connectivity index (χ4n) is 5.23. The van der Waals surface area contributed by atoms with Crippen molar-refractivity contribution in [3.63, 3.8) is 0 Å². The average molecular weight is 546 g/mol. The Bertz CT molecular complexity index is 1590. The Morgan fingerprint density at radius 2 is 1.78 bits per heavy atom. The first-order valence-electron chi connectivity index (χ1n) is 14.5. The van der Waals surface area contributed by atoms with Crippen LogP contribution in [0.2, 0.25) is 0 Å². The van der Waals surface area contributed by atoms with Gasteiger partial charge in [0.25, 0.3) is 5.91 Å². The molecule has 2 N–H and O–H groups in total. The number of rotatable bonds is 12. The third-order valence-corrected chi connectivity index (χ3v) is 7.78. The van der Waals surface area contributed by atoms with Gasteiger partial charge in [0.2, 0.25) is 5.82 Å². The van der Waals surface area contributed by atoms with Gasteiger partial charge < -0.3 is 9.88 Å². The largest absolute Gasteiger partial charge is 0.351 e. The van der Waals surface area contributed by atoms with E-state index >= 15 is 0 Å². The third-order valence-electron chi connectivity index (χ3n) is 7.78. The molecule has 3 aromatic carbocycles. The van der Waals surface area contributed by atoms with Crippen molar-refractivity contribution in [3.05, 3.63) is 96.1 Å². The van der Waals surface area contributed by atoms with Gasteiger partial charge in [-0.05, 0) is 63.9 Å². The van der Waals surface area contributed by atoms with Crippen molar-refractivity contribution >= 4 is 5.91 Å². The molecule has 1 fully saturated rings. The van der Waals surface area contributed by atoms with Crippen molar-refractivity contribution < 1.29 is 4.79 Å². The van der Waals surface area contributed by atoms with Gasteiger partial charge in [-0.25, -0.2) is 4.98 Å². The molecule has 2 aromatic heterocycles. The van der Waals surface area contributed by atoms with E-state index in [4.69, 9.17) is 0 Å². The maximum absolute atomic E-state index is 13.1. The van der Waals surface area contributed by atoms with E-state index in [0.29, 0.717) is 18.1 Å². The first-order valence-corrected chi connectivity index (χ1v) is 14.5. The van der Waals surface area contributed by atoms with Gasteiger partial charge in [-0.1, -0.05) is 86.8 Å². The van der Waals surface area contributed by atoms with Gasteiger partial charge in [-0.3, -0.25) is 4.79 Å². The molecule has 5 aromatic rings. The van der Waals surface area contributed by atoms with E-state index in [2.05, 4.69) is 97.0 Å². The van der Waals surface area contributed by atoms with Gasteiger partial charge in [0, 0.05) is 25.1 Å². The maximum Gasteiger partial charge on any atom is 0.269 e. The molecule has 8 heteroatoms. The standard InChI is InChI=1S/C33H35N7O/c1-2-3-9-31-35-21-30(33(41)34-19-18-23-10-11-23)40(31)22-24-12-14-26(15-13-24)29-20-27(25-7-5-4-6-8-25)16-17-28(29)32-36-38-39-37-32/h4-8,12-17,20-21,23H,2-3,9-11,18-19,22H2,1H3,(H,34,41)(H,36,37,38,39). The summed E-state index contributed by atoms with van der Waals surface area (Å²) in [5.74, 6) is 2.26. The number of amides is 1. The number of hydrogen-bond donors (Lipinski definition) is 2. The van der Waals surface area contributed by atoms with Crippen molar-refractivity contribution in [3.8, 4) is 33.6 Å². The highest BCUT2D eigenvalue weighted by Gasteiger charge is 2.22. The van der Waals surface area contributed by atoms with Crippen molar-refractivity contribution in [2.45, 2.75) is 52.0 Å². The number of nitrogens with zero attached hydrogens (tertiary/aromatic N) is 5. The molecule has 208 valence electrons. The predicted molar refractivity (Wildman–Crippen MR) is 160 cm³/mol. The number of nitrogens with one attached hydrogen (secondary N) is 2. The number of aromatic nitrogens is 6. The van der Waals surface area contributed by atoms with Gasteiger partial charge in [0.05, 0.1) is 6.20 Å². The van der Waals surface area contributed by atoms with Crippen LogP contribution in [0.5, 0.6) is 0 Å². The van der Waals surface area contributed by atoms with Crippen molar-refractivity contribution in [1.82, 2.24) is 35.5 Å². The summed E-state index contributed by atoms with van der Waals surface area (Å²) in [7, 11) is 0. The van der Waals surface area contributed by atoms with Crippen molar-refractivity contribution in [2.24, 2.45) is 5.92 Å². The van der Waals surface area contributed by atoms with Gasteiger partial charge in [-0.15, -0.1) is 10.2 Å². The lowest BCUT2D eigenvalue weighted by Crippen LogP contribution is -2.27. The number of aryl methyl sites for hydroxylation is 1. The fourth-order valence-corrected chi connectivity index (χ4v) is 5.23. The Hall–Kier alpha value is -4.59. The summed E-state index contributed by atoms with van der Waals surface area (Å²) in [6, 6.07) is 25.2. The highest BCUT2D eigenvalue weighted by atomic mass is 16.1. The van der Waals surface area contributed by atoms with Crippen LogP contribution in [0.15, 0.2) is 79.0 Å². The number of unbranched alkanes of at least 4 members (excludes halogenated alkanes) is 1. The minimum absolute atomic E-state index is 0.0417. The average Bonchev–Trinajstić information content (AvgIpc) is 3.50. The van der Waals surface area contributed by atoms with Crippen LogP contribution in [0.1, 0.15) is 60.9 Å². The molecule has 0 saturated heterocycles. The lowest BCUT2D eigenvalue weighted by atomic mass is 9.93. The molecule has 6 rings (SSSR count). The molecule has 1 saturated carbocycles. The first kappa shape index (κ1) is 26.6. The lowest BCUT2D eigenvalue weighted by Gasteiger charge is -2.14. The monoisotopic (exact) mass is 545 g/mol. The topological polar surface area (TPSA) is 101 Å². The maximum atomic E-state index is 13.1. The van der Waals surface area contributed by atoms with Crippen LogP contribution in [0.4, 0.5) is 0 Å². The Kier molecular flexibility index (Phi) is 7.98. The Morgan fingerprint density at radius 3 is 2.51 bits per heavy atom. The molecule has 0 spiro atoms. The number of benzene rings is 3. The summed E-state index contributed by atoms with van der Waals surface area (Å²) in [6.07, 6.45) is 8.34. The normalized spacial score (nSPS) is 12.9. The number of tetrazole rings is 1. The van der Waals surface area contributed by atoms with Gasteiger partial charge in [-0.2, -0.15) is 5.21 Å². The summed E-state index contributed by atoms with van der Waals surface area (Å²) in [4.78, 5) is 17.7. The molecule has 1 aliphatic rings. The molecule has 2 heterocycles. The number of carbonyl (C=O) groups excluding carboxylic acids is 1. The van der Waals surface area contributed by atoms with Gasteiger partial charge in [0.15, 0.2) is 0 Å². The molecule has 0 unspecified atom stereocenters. The van der Waals surface area contributed by atoms with Crippen LogP contribution in [0.3, 0.4) is 0 Å². The molecule has 1 aliphatic carbocycles. The number of aromatic amines is 1. The van der Waals surface area contributed by atoms with Gasteiger partial charge >= 0.3 is 0 Å². The zero-order valence-corrected chi connectivity index (χ0v) is 23.4. The predicted octanol–water partition coefficient (Wildman–Crippen LogP) is 6.32. The van der Waals surface area contributed by atoms with Gasteiger partial charge in [0.1, 0.15) is 11.5 Å². The van der Waals surface area contributed by atoms with Crippen LogP contribution in [0, 0.1) is 5.92 Å². The summed E-state index contributed by atoms with van der Waals surface area (Å²) in [6.45, 7) is 3.48. The number of imidazole rings is 1. The summed E-state index contributed by atoms with van der Waals surface area (Å²) >= 11 is 0. The highest BCUT2D eigenvalue weighted by Crippen LogP contribution is 2.34. The second-order valence-electron chi connectivity index (χ2n) is 10.8. The molecule has 8 nitrogen and oxygen atoms in total. The Labute approximate surface area is 240 Å². The van der Waals surface area contributed by atoms with Crippen molar-refractivity contribution in [2.75, 3.05) is 6.54 Å². The third kappa shape index (κ3) is 6.27.